The Labute approximate surface area is 103 Å². The summed E-state index contributed by atoms with van der Waals surface area (Å²) in [6, 6.07) is 7.13. The van der Waals surface area contributed by atoms with E-state index in [1.54, 1.807) is 12.0 Å². The summed E-state index contributed by atoms with van der Waals surface area (Å²) in [6.07, 6.45) is 2.77. The van der Waals surface area contributed by atoms with Crippen LogP contribution >= 0.6 is 0 Å². The van der Waals surface area contributed by atoms with Gasteiger partial charge in [0.15, 0.2) is 6.04 Å². The molecule has 2 aliphatic rings. The fourth-order valence-electron chi connectivity index (χ4n) is 3.41. The minimum absolute atomic E-state index is 0.636. The van der Waals surface area contributed by atoms with Crippen molar-refractivity contribution in [1.82, 2.24) is 0 Å². The maximum atomic E-state index is 5.58. The second kappa shape index (κ2) is 4.67. The normalized spacial score (nSPS) is 24.6. The molecular formula is C14H22N2O+2. The molecule has 1 atom stereocenters. The minimum atomic E-state index is 0.636. The highest BCUT2D eigenvalue weighted by Crippen LogP contribution is 2.28. The molecule has 92 valence electrons. The standard InChI is InChI=1S/C14H20N2O/c1-17-13-6-4-5-11-9-15-10-12(14(11)13)16-7-2-3-8-16/h4-6,12,15H,2-3,7-10H2,1H3/p+2/t12-/m1/s1. The lowest BCUT2D eigenvalue weighted by Gasteiger charge is -2.29. The van der Waals surface area contributed by atoms with E-state index < -0.39 is 0 Å². The lowest BCUT2D eigenvalue weighted by atomic mass is 9.94. The van der Waals surface area contributed by atoms with Crippen molar-refractivity contribution in [1.29, 1.82) is 0 Å². The number of fused-ring (bicyclic) bond motifs is 1. The van der Waals surface area contributed by atoms with Gasteiger partial charge in [-0.05, 0) is 6.07 Å². The van der Waals surface area contributed by atoms with Gasteiger partial charge >= 0.3 is 0 Å². The molecule has 3 N–H and O–H groups in total. The van der Waals surface area contributed by atoms with Crippen LogP contribution in [0.2, 0.25) is 0 Å². The number of rotatable bonds is 2. The number of hydrogen-bond donors (Lipinski definition) is 2. The van der Waals surface area contributed by atoms with Crippen LogP contribution in [0, 0.1) is 0 Å². The van der Waals surface area contributed by atoms with E-state index in [0.717, 1.165) is 12.3 Å². The summed E-state index contributed by atoms with van der Waals surface area (Å²) >= 11 is 0. The van der Waals surface area contributed by atoms with Crippen LogP contribution in [0.1, 0.15) is 30.0 Å². The number of benzene rings is 1. The largest absolute Gasteiger partial charge is 0.496 e. The summed E-state index contributed by atoms with van der Waals surface area (Å²) in [7, 11) is 1.80. The number of quaternary nitrogens is 2. The second-order valence-electron chi connectivity index (χ2n) is 5.18. The summed E-state index contributed by atoms with van der Waals surface area (Å²) < 4.78 is 5.58. The lowest BCUT2D eigenvalue weighted by Crippen LogP contribution is -3.13. The van der Waals surface area contributed by atoms with E-state index >= 15 is 0 Å². The highest BCUT2D eigenvalue weighted by atomic mass is 16.5. The van der Waals surface area contributed by atoms with E-state index in [4.69, 9.17) is 4.74 Å². The molecule has 0 amide bonds. The van der Waals surface area contributed by atoms with E-state index in [-0.39, 0.29) is 0 Å². The van der Waals surface area contributed by atoms with E-state index in [1.165, 1.54) is 43.6 Å². The molecule has 17 heavy (non-hydrogen) atoms. The number of nitrogens with two attached hydrogens (primary N) is 1. The van der Waals surface area contributed by atoms with Gasteiger partial charge in [0.25, 0.3) is 0 Å². The van der Waals surface area contributed by atoms with Crippen LogP contribution in [-0.2, 0) is 6.54 Å². The quantitative estimate of drug-likeness (QED) is 0.709. The molecule has 0 radical (unpaired) electrons. The van der Waals surface area contributed by atoms with Gasteiger partial charge in [-0.15, -0.1) is 0 Å². The highest BCUT2D eigenvalue weighted by Gasteiger charge is 2.35. The van der Waals surface area contributed by atoms with Gasteiger partial charge in [-0.25, -0.2) is 0 Å². The van der Waals surface area contributed by atoms with Crippen LogP contribution in [-0.4, -0.2) is 26.7 Å². The average Bonchev–Trinajstić information content (AvgIpc) is 2.91. The summed E-state index contributed by atoms with van der Waals surface area (Å²) in [6.45, 7) is 4.98. The van der Waals surface area contributed by atoms with Crippen LogP contribution in [0.4, 0.5) is 0 Å². The third-order valence-corrected chi connectivity index (χ3v) is 4.23. The topological polar surface area (TPSA) is 30.3 Å². The molecule has 0 bridgehead atoms. The molecule has 0 aromatic heterocycles. The van der Waals surface area contributed by atoms with Crippen molar-refractivity contribution in [2.75, 3.05) is 26.7 Å². The van der Waals surface area contributed by atoms with Crippen molar-refractivity contribution in [3.05, 3.63) is 29.3 Å². The van der Waals surface area contributed by atoms with Crippen molar-refractivity contribution in [2.45, 2.75) is 25.4 Å². The first-order valence-corrected chi connectivity index (χ1v) is 6.72. The Kier molecular flexibility index (Phi) is 3.04. The van der Waals surface area contributed by atoms with Gasteiger partial charge < -0.3 is 15.0 Å². The third-order valence-electron chi connectivity index (χ3n) is 4.23. The van der Waals surface area contributed by atoms with Crippen LogP contribution in [0.5, 0.6) is 5.75 Å². The molecule has 1 saturated heterocycles. The zero-order valence-electron chi connectivity index (χ0n) is 10.5. The maximum Gasteiger partial charge on any atom is 0.167 e. The molecule has 0 aliphatic carbocycles. The molecule has 1 aromatic carbocycles. The Morgan fingerprint density at radius 2 is 2.12 bits per heavy atom. The van der Waals surface area contributed by atoms with Gasteiger partial charge in [0.2, 0.25) is 0 Å². The van der Waals surface area contributed by atoms with Crippen LogP contribution < -0.4 is 15.0 Å². The fourth-order valence-corrected chi connectivity index (χ4v) is 3.41. The number of hydrogen-bond acceptors (Lipinski definition) is 1. The van der Waals surface area contributed by atoms with Crippen molar-refractivity contribution >= 4 is 0 Å². The van der Waals surface area contributed by atoms with Gasteiger partial charge in [0.1, 0.15) is 18.8 Å². The summed E-state index contributed by atoms with van der Waals surface area (Å²) in [4.78, 5) is 1.76. The fraction of sp³-hybridized carbons (Fsp3) is 0.571. The van der Waals surface area contributed by atoms with E-state index in [2.05, 4.69) is 23.5 Å². The van der Waals surface area contributed by atoms with E-state index in [1.807, 2.05) is 0 Å². The number of ether oxygens (including phenoxy) is 1. The lowest BCUT2D eigenvalue weighted by molar-refractivity contribution is -0.937. The summed E-state index contributed by atoms with van der Waals surface area (Å²) in [5, 5.41) is 2.44. The average molecular weight is 234 g/mol. The van der Waals surface area contributed by atoms with E-state index in [9.17, 15) is 0 Å². The first kappa shape index (κ1) is 11.1. The van der Waals surface area contributed by atoms with Crippen molar-refractivity contribution < 1.29 is 15.0 Å². The smallest absolute Gasteiger partial charge is 0.167 e. The van der Waals surface area contributed by atoms with Gasteiger partial charge in [-0.2, -0.15) is 0 Å². The minimum Gasteiger partial charge on any atom is -0.496 e. The van der Waals surface area contributed by atoms with Crippen LogP contribution in [0.15, 0.2) is 18.2 Å². The molecule has 2 aliphatic heterocycles. The molecule has 0 saturated carbocycles. The van der Waals surface area contributed by atoms with Gasteiger partial charge in [0, 0.05) is 18.4 Å². The molecule has 3 nitrogen and oxygen atoms in total. The molecule has 0 spiro atoms. The maximum absolute atomic E-state index is 5.58. The van der Waals surface area contributed by atoms with E-state index in [0.29, 0.717) is 6.04 Å². The van der Waals surface area contributed by atoms with Gasteiger partial charge in [0.05, 0.1) is 25.8 Å². The Morgan fingerprint density at radius 3 is 2.88 bits per heavy atom. The Morgan fingerprint density at radius 1 is 1.29 bits per heavy atom. The molecule has 3 rings (SSSR count). The van der Waals surface area contributed by atoms with Crippen molar-refractivity contribution in [3.63, 3.8) is 0 Å². The van der Waals surface area contributed by atoms with Gasteiger partial charge in [-0.1, -0.05) is 12.1 Å². The summed E-state index contributed by atoms with van der Waals surface area (Å²) in [5.74, 6) is 1.10. The second-order valence-corrected chi connectivity index (χ2v) is 5.18. The Bertz CT molecular complexity index is 385. The highest BCUT2D eigenvalue weighted by molar-refractivity contribution is 5.42. The predicted octanol–water partition coefficient (Wildman–Crippen LogP) is -0.508. The number of nitrogens with one attached hydrogen (secondary N) is 1. The third kappa shape index (κ3) is 1.94. The van der Waals surface area contributed by atoms with Crippen molar-refractivity contribution in [3.8, 4) is 5.75 Å². The number of likely N-dealkylation sites (tertiary alicyclic amines) is 1. The molecule has 2 heterocycles. The zero-order valence-corrected chi connectivity index (χ0v) is 10.5. The molecule has 1 fully saturated rings. The first-order chi connectivity index (χ1) is 8.40. The monoisotopic (exact) mass is 234 g/mol. The number of methoxy groups -OCH3 is 1. The van der Waals surface area contributed by atoms with Crippen LogP contribution in [0.3, 0.4) is 0 Å². The molecular weight excluding hydrogens is 212 g/mol. The first-order valence-electron chi connectivity index (χ1n) is 6.72. The molecule has 1 aromatic rings. The van der Waals surface area contributed by atoms with Crippen LogP contribution in [0.25, 0.3) is 0 Å². The SMILES string of the molecule is COc1cccc2c1[C@H]([NH+]1CCCC1)C[NH2+]C2. The van der Waals surface area contributed by atoms with Gasteiger partial charge in [-0.3, -0.25) is 0 Å². The Hall–Kier alpha value is -1.06. The summed E-state index contributed by atoms with van der Waals surface area (Å²) in [5.41, 5.74) is 2.95. The zero-order chi connectivity index (χ0) is 11.7. The Balaban J connectivity index is 1.99. The predicted molar refractivity (Wildman–Crippen MR) is 66.2 cm³/mol. The van der Waals surface area contributed by atoms with Crippen molar-refractivity contribution in [2.24, 2.45) is 0 Å². The molecule has 3 heteroatoms. The molecule has 0 unspecified atom stereocenters.